The van der Waals surface area contributed by atoms with Crippen molar-refractivity contribution in [2.45, 2.75) is 37.5 Å². The van der Waals surface area contributed by atoms with Gasteiger partial charge in [0.05, 0.1) is 18.7 Å². The van der Waals surface area contributed by atoms with E-state index in [0.717, 1.165) is 37.1 Å². The Kier molecular flexibility index (Phi) is 5.55. The number of aliphatic hydroxyl groups is 1. The van der Waals surface area contributed by atoms with Gasteiger partial charge >= 0.3 is 6.03 Å². The summed E-state index contributed by atoms with van der Waals surface area (Å²) in [6.07, 6.45) is 1.61. The summed E-state index contributed by atoms with van der Waals surface area (Å²) >= 11 is 0. The minimum atomic E-state index is -0.586. The topological polar surface area (TPSA) is 93.7 Å². The van der Waals surface area contributed by atoms with Crippen LogP contribution in [0.5, 0.6) is 0 Å². The van der Waals surface area contributed by atoms with Crippen molar-refractivity contribution >= 4 is 11.9 Å². The summed E-state index contributed by atoms with van der Waals surface area (Å²) in [7, 11) is 1.64. The van der Waals surface area contributed by atoms with Crippen LogP contribution in [0.3, 0.4) is 0 Å². The van der Waals surface area contributed by atoms with Crippen LogP contribution in [0, 0.1) is 0 Å². The number of fused-ring (bicyclic) bond motifs is 1. The maximum Gasteiger partial charge on any atom is 0.315 e. The zero-order valence-corrected chi connectivity index (χ0v) is 14.5. The van der Waals surface area contributed by atoms with Gasteiger partial charge in [0, 0.05) is 32.6 Å². The van der Waals surface area contributed by atoms with Gasteiger partial charge in [0.1, 0.15) is 0 Å². The van der Waals surface area contributed by atoms with Gasteiger partial charge in [-0.25, -0.2) is 4.79 Å². The van der Waals surface area contributed by atoms with E-state index in [1.807, 2.05) is 24.3 Å². The zero-order chi connectivity index (χ0) is 17.8. The summed E-state index contributed by atoms with van der Waals surface area (Å²) in [6, 6.07) is 7.30. The van der Waals surface area contributed by atoms with E-state index < -0.39 is 6.10 Å². The Morgan fingerprint density at radius 1 is 1.20 bits per heavy atom. The second-order valence-electron chi connectivity index (χ2n) is 6.79. The third-order valence-electron chi connectivity index (χ3n) is 5.06. The van der Waals surface area contributed by atoms with Gasteiger partial charge in [0.25, 0.3) is 0 Å². The molecule has 0 spiro atoms. The van der Waals surface area contributed by atoms with Crippen LogP contribution in [-0.2, 0) is 11.2 Å². The van der Waals surface area contributed by atoms with E-state index >= 15 is 0 Å². The first-order valence-electron chi connectivity index (χ1n) is 8.82. The Hall–Kier alpha value is -2.12. The molecule has 1 aromatic rings. The minimum Gasteiger partial charge on any atom is -0.390 e. The Balaban J connectivity index is 1.47. The molecule has 7 heteroatoms. The normalized spacial score (nSPS) is 23.8. The molecule has 136 valence electrons. The summed E-state index contributed by atoms with van der Waals surface area (Å²) in [5.74, 6) is 0.0121. The highest BCUT2D eigenvalue weighted by Crippen LogP contribution is 2.31. The molecule has 1 aliphatic carbocycles. The lowest BCUT2D eigenvalue weighted by Gasteiger charge is -2.32. The van der Waals surface area contributed by atoms with Crippen LogP contribution >= 0.6 is 0 Å². The Morgan fingerprint density at radius 2 is 1.92 bits per heavy atom. The molecule has 0 aromatic heterocycles. The molecule has 0 bridgehead atoms. The number of piperidine rings is 1. The Labute approximate surface area is 147 Å². The van der Waals surface area contributed by atoms with Crippen molar-refractivity contribution in [3.63, 3.8) is 0 Å². The van der Waals surface area contributed by atoms with Gasteiger partial charge in [-0.15, -0.1) is 0 Å². The summed E-state index contributed by atoms with van der Waals surface area (Å²) in [5, 5.41) is 18.7. The number of likely N-dealkylation sites (tertiary alicyclic amines) is 1. The maximum absolute atomic E-state index is 12.3. The molecular weight excluding hydrogens is 320 g/mol. The van der Waals surface area contributed by atoms with Crippen LogP contribution < -0.4 is 16.0 Å². The molecule has 3 rings (SSSR count). The summed E-state index contributed by atoms with van der Waals surface area (Å²) in [5.41, 5.74) is 2.08. The van der Waals surface area contributed by atoms with E-state index in [0.29, 0.717) is 13.0 Å². The number of carbonyl (C=O) groups is 2. The van der Waals surface area contributed by atoms with E-state index in [9.17, 15) is 14.7 Å². The molecular formula is C18H26N4O3. The first-order chi connectivity index (χ1) is 12.1. The molecule has 4 N–H and O–H groups in total. The van der Waals surface area contributed by atoms with E-state index in [-0.39, 0.29) is 24.0 Å². The molecule has 3 amide bonds. The Bertz CT molecular complexity index is 629. The number of hydrogen-bond acceptors (Lipinski definition) is 4. The molecule has 0 unspecified atom stereocenters. The number of benzene rings is 1. The number of urea groups is 1. The van der Waals surface area contributed by atoms with E-state index in [2.05, 4.69) is 20.9 Å². The average molecular weight is 346 g/mol. The number of likely N-dealkylation sites (N-methyl/N-ethyl adjacent to an activating group) is 1. The van der Waals surface area contributed by atoms with Crippen LogP contribution in [0.15, 0.2) is 24.3 Å². The van der Waals surface area contributed by atoms with Gasteiger partial charge < -0.3 is 21.1 Å². The van der Waals surface area contributed by atoms with Crippen molar-refractivity contribution in [1.29, 1.82) is 0 Å². The highest BCUT2D eigenvalue weighted by molar-refractivity contribution is 5.77. The Morgan fingerprint density at radius 3 is 2.64 bits per heavy atom. The second kappa shape index (κ2) is 7.84. The lowest BCUT2D eigenvalue weighted by atomic mass is 10.1. The van der Waals surface area contributed by atoms with Gasteiger partial charge in [0.15, 0.2) is 0 Å². The van der Waals surface area contributed by atoms with Gasteiger partial charge in [-0.05, 0) is 24.0 Å². The van der Waals surface area contributed by atoms with E-state index in [1.165, 1.54) is 0 Å². The van der Waals surface area contributed by atoms with Gasteiger partial charge in [-0.3, -0.25) is 9.69 Å². The number of nitrogens with zero attached hydrogens (tertiary/aromatic N) is 1. The zero-order valence-electron chi connectivity index (χ0n) is 14.5. The fourth-order valence-electron chi connectivity index (χ4n) is 3.63. The monoisotopic (exact) mass is 346 g/mol. The molecule has 1 saturated heterocycles. The largest absolute Gasteiger partial charge is 0.390 e. The van der Waals surface area contributed by atoms with Crippen molar-refractivity contribution in [1.82, 2.24) is 20.9 Å². The van der Waals surface area contributed by atoms with Crippen molar-refractivity contribution in [3.05, 3.63) is 35.4 Å². The molecule has 2 aliphatic rings. The molecule has 7 nitrogen and oxygen atoms in total. The number of aliphatic hydroxyl groups excluding tert-OH is 1. The van der Waals surface area contributed by atoms with Crippen LogP contribution in [0.1, 0.15) is 30.0 Å². The molecule has 1 fully saturated rings. The fraction of sp³-hybridized carbons (Fsp3) is 0.556. The smallest absolute Gasteiger partial charge is 0.315 e. The molecule has 1 aromatic carbocycles. The molecule has 25 heavy (non-hydrogen) atoms. The van der Waals surface area contributed by atoms with Crippen molar-refractivity contribution < 1.29 is 14.7 Å². The van der Waals surface area contributed by atoms with Gasteiger partial charge in [0.2, 0.25) is 5.91 Å². The van der Waals surface area contributed by atoms with Gasteiger partial charge in [-0.2, -0.15) is 0 Å². The minimum absolute atomic E-state index is 0.0121. The predicted octanol–water partition coefficient (Wildman–Crippen LogP) is 0.154. The second-order valence-corrected chi connectivity index (χ2v) is 6.79. The van der Waals surface area contributed by atoms with Crippen LogP contribution in [0.4, 0.5) is 4.79 Å². The lowest BCUT2D eigenvalue weighted by molar-refractivity contribution is -0.122. The first-order valence-corrected chi connectivity index (χ1v) is 8.82. The number of hydrogen-bond donors (Lipinski definition) is 4. The summed E-state index contributed by atoms with van der Waals surface area (Å²) < 4.78 is 0. The number of nitrogens with one attached hydrogen (secondary N) is 3. The van der Waals surface area contributed by atoms with Crippen molar-refractivity contribution in [3.8, 4) is 0 Å². The van der Waals surface area contributed by atoms with Crippen LogP contribution in [-0.4, -0.2) is 60.8 Å². The third-order valence-corrected chi connectivity index (χ3v) is 5.06. The molecule has 1 aliphatic heterocycles. The van der Waals surface area contributed by atoms with Crippen molar-refractivity contribution in [2.24, 2.45) is 0 Å². The van der Waals surface area contributed by atoms with E-state index in [1.54, 1.807) is 7.05 Å². The predicted molar refractivity (Wildman–Crippen MR) is 94.1 cm³/mol. The summed E-state index contributed by atoms with van der Waals surface area (Å²) in [4.78, 5) is 25.8. The highest BCUT2D eigenvalue weighted by atomic mass is 16.3. The van der Waals surface area contributed by atoms with Gasteiger partial charge in [-0.1, -0.05) is 24.3 Å². The molecule has 0 saturated carbocycles. The van der Waals surface area contributed by atoms with E-state index in [4.69, 9.17) is 0 Å². The number of amides is 3. The fourth-order valence-corrected chi connectivity index (χ4v) is 3.63. The highest BCUT2D eigenvalue weighted by Gasteiger charge is 2.32. The van der Waals surface area contributed by atoms with Crippen LogP contribution in [0.2, 0.25) is 0 Å². The standard InChI is InChI=1S/C18H26N4O3/c1-19-16(24)11-22-8-6-13(7-9-22)20-18(25)21-17-14-5-3-2-4-12(14)10-15(17)23/h2-5,13,15,17,23H,6-11H2,1H3,(H,19,24)(H2,20,21,25)/t15-,17+/m0/s1. The first kappa shape index (κ1) is 17.7. The summed E-state index contributed by atoms with van der Waals surface area (Å²) in [6.45, 7) is 1.97. The number of carbonyl (C=O) groups excluding carboxylic acids is 2. The SMILES string of the molecule is CNC(=O)CN1CCC(NC(=O)N[C@@H]2c3ccccc3C[C@@H]2O)CC1. The quantitative estimate of drug-likeness (QED) is 0.625. The molecule has 1 heterocycles. The van der Waals surface area contributed by atoms with Crippen molar-refractivity contribution in [2.75, 3.05) is 26.7 Å². The van der Waals surface area contributed by atoms with Crippen LogP contribution in [0.25, 0.3) is 0 Å². The molecule has 2 atom stereocenters. The lowest BCUT2D eigenvalue weighted by Crippen LogP contribution is -2.50. The number of rotatable bonds is 4. The third kappa shape index (κ3) is 4.29. The average Bonchev–Trinajstić information content (AvgIpc) is 2.92. The maximum atomic E-state index is 12.3. The molecule has 0 radical (unpaired) electrons.